The van der Waals surface area contributed by atoms with E-state index in [0.717, 1.165) is 10.8 Å². The zero-order valence-electron chi connectivity index (χ0n) is 16.9. The van der Waals surface area contributed by atoms with Crippen LogP contribution in [0.2, 0.25) is 5.02 Å². The number of nitrogens with zero attached hydrogens (tertiary/aromatic N) is 2. The first-order chi connectivity index (χ1) is 13.9. The maximum absolute atomic E-state index is 15.6. The summed E-state index contributed by atoms with van der Waals surface area (Å²) in [5.41, 5.74) is 2.56. The smallest absolute Gasteiger partial charge is 0.304 e. The van der Waals surface area contributed by atoms with Crippen molar-refractivity contribution in [1.29, 1.82) is 0 Å². The molecule has 0 spiro atoms. The Hall–Kier alpha value is -1.87. The van der Waals surface area contributed by atoms with E-state index in [2.05, 4.69) is 9.98 Å². The number of benzene rings is 2. The Morgan fingerprint density at radius 3 is 2.55 bits per heavy atom. The monoisotopic (exact) mass is 489 g/mol. The van der Waals surface area contributed by atoms with Gasteiger partial charge in [-0.2, -0.15) is 0 Å². The number of thiazole rings is 1. The summed E-state index contributed by atoms with van der Waals surface area (Å²) in [5, 5.41) is 1.12. The third-order valence-corrected chi connectivity index (χ3v) is 6.71. The van der Waals surface area contributed by atoms with Crippen LogP contribution >= 0.6 is 35.3 Å². The highest BCUT2D eigenvalue weighted by Gasteiger charge is 2.63. The summed E-state index contributed by atoms with van der Waals surface area (Å²) in [4.78, 5) is 8.55. The lowest BCUT2D eigenvalue weighted by Gasteiger charge is -2.42. The van der Waals surface area contributed by atoms with Crippen molar-refractivity contribution in [1.82, 2.24) is 4.98 Å². The van der Waals surface area contributed by atoms with Crippen molar-refractivity contribution in [3.05, 3.63) is 52.8 Å². The number of hydrogen-bond acceptors (Lipinski definition) is 5. The predicted molar refractivity (Wildman–Crippen MR) is 121 cm³/mol. The number of nitrogens with two attached hydrogens (primary N) is 1. The lowest BCUT2D eigenvalue weighted by molar-refractivity contribution is -0.214. The van der Waals surface area contributed by atoms with E-state index in [4.69, 9.17) is 22.1 Å². The second kappa shape index (κ2) is 7.92. The van der Waals surface area contributed by atoms with Crippen LogP contribution in [0.3, 0.4) is 0 Å². The van der Waals surface area contributed by atoms with Gasteiger partial charge in [0.25, 0.3) is 0 Å². The van der Waals surface area contributed by atoms with Gasteiger partial charge in [-0.05, 0) is 57.2 Å². The summed E-state index contributed by atoms with van der Waals surface area (Å²) >= 11 is 7.37. The molecular formula is C21H20Cl2F3N3OS. The van der Waals surface area contributed by atoms with Crippen LogP contribution in [0.25, 0.3) is 20.8 Å². The fraction of sp³-hybridized carbons (Fsp3) is 0.333. The van der Waals surface area contributed by atoms with E-state index in [9.17, 15) is 4.39 Å². The van der Waals surface area contributed by atoms with E-state index < -0.39 is 22.9 Å². The molecule has 0 saturated carbocycles. The van der Waals surface area contributed by atoms with Crippen LogP contribution in [0.15, 0.2) is 41.4 Å². The molecule has 10 heteroatoms. The number of ether oxygens (including phenoxy) is 1. The van der Waals surface area contributed by atoms with E-state index in [1.807, 2.05) is 0 Å². The lowest BCUT2D eigenvalue weighted by Crippen LogP contribution is -2.56. The molecule has 4 rings (SSSR count). The second-order valence-electron chi connectivity index (χ2n) is 7.87. The van der Waals surface area contributed by atoms with Gasteiger partial charge in [0.2, 0.25) is 0 Å². The molecular weight excluding hydrogens is 470 g/mol. The number of fused-ring (bicyclic) bond motifs is 1. The average Bonchev–Trinajstić information content (AvgIpc) is 3.07. The van der Waals surface area contributed by atoms with Gasteiger partial charge >= 0.3 is 5.92 Å². The van der Waals surface area contributed by atoms with Gasteiger partial charge < -0.3 is 10.5 Å². The summed E-state index contributed by atoms with van der Waals surface area (Å²) in [6, 6.07) is 9.28. The summed E-state index contributed by atoms with van der Waals surface area (Å²) in [6.07, 6.45) is 0. The standard InChI is InChI=1S/C21H19ClF3N3OS.ClH/c1-19(2)21(24,25)20(3,28-17(26)10-29-19)13-8-11(4-6-14(13)23)18-27-15-7-5-12(22)9-16(15)30-18;/h4-9H,10H2,1-3H3,(H2,26,28);1H/t20-;/m1./s1. The third-order valence-electron chi connectivity index (χ3n) is 5.40. The number of hydrogen-bond donors (Lipinski definition) is 1. The van der Waals surface area contributed by atoms with Gasteiger partial charge in [0.05, 0.1) is 10.2 Å². The molecule has 4 nitrogen and oxygen atoms in total. The normalized spacial score (nSPS) is 22.5. The zero-order chi connectivity index (χ0) is 21.9. The highest BCUT2D eigenvalue weighted by molar-refractivity contribution is 7.21. The zero-order valence-corrected chi connectivity index (χ0v) is 19.3. The maximum Gasteiger partial charge on any atom is 0.304 e. The van der Waals surface area contributed by atoms with Crippen LogP contribution in [0, 0.1) is 5.82 Å². The van der Waals surface area contributed by atoms with Gasteiger partial charge in [-0.1, -0.05) is 11.6 Å². The van der Waals surface area contributed by atoms with E-state index >= 15 is 8.78 Å². The highest BCUT2D eigenvalue weighted by Crippen LogP contribution is 2.51. The van der Waals surface area contributed by atoms with Gasteiger partial charge in [-0.25, -0.2) is 18.2 Å². The maximum atomic E-state index is 15.6. The molecule has 0 fully saturated rings. The molecule has 2 heterocycles. The molecule has 0 radical (unpaired) electrons. The molecule has 31 heavy (non-hydrogen) atoms. The third kappa shape index (κ3) is 3.80. The van der Waals surface area contributed by atoms with Crippen molar-refractivity contribution >= 4 is 51.4 Å². The Labute approximate surface area is 192 Å². The van der Waals surface area contributed by atoms with Crippen LogP contribution in [0.5, 0.6) is 0 Å². The van der Waals surface area contributed by atoms with E-state index in [0.29, 0.717) is 21.1 Å². The molecule has 0 unspecified atom stereocenters. The Morgan fingerprint density at radius 2 is 1.84 bits per heavy atom. The Kier molecular flexibility index (Phi) is 6.08. The number of aromatic nitrogens is 1. The SMILES string of the molecule is CC1(C)OCC(N)=N[C@](C)(c2cc(-c3nc4ccc(Cl)cc4s3)ccc2F)C1(F)F.Cl. The van der Waals surface area contributed by atoms with Crippen molar-refractivity contribution in [3.8, 4) is 10.6 Å². The fourth-order valence-electron chi connectivity index (χ4n) is 3.60. The molecule has 1 aromatic heterocycles. The number of amidine groups is 1. The van der Waals surface area contributed by atoms with Crippen molar-refractivity contribution in [3.63, 3.8) is 0 Å². The van der Waals surface area contributed by atoms with Crippen LogP contribution in [-0.2, 0) is 10.3 Å². The molecule has 166 valence electrons. The van der Waals surface area contributed by atoms with Gasteiger partial charge in [0, 0.05) is 16.1 Å². The molecule has 1 atom stereocenters. The number of halogens is 5. The van der Waals surface area contributed by atoms with Crippen LogP contribution in [-0.4, -0.2) is 29.0 Å². The first kappa shape index (κ1) is 23.8. The van der Waals surface area contributed by atoms with Gasteiger partial charge in [0.15, 0.2) is 5.54 Å². The predicted octanol–water partition coefficient (Wildman–Crippen LogP) is 6.19. The van der Waals surface area contributed by atoms with E-state index in [1.54, 1.807) is 18.2 Å². The van der Waals surface area contributed by atoms with Crippen molar-refractivity contribution in [2.45, 2.75) is 37.8 Å². The number of aliphatic imine (C=N–C) groups is 1. The fourth-order valence-corrected chi connectivity index (χ4v) is 4.84. The van der Waals surface area contributed by atoms with E-state index in [1.165, 1.54) is 44.2 Å². The molecule has 0 amide bonds. The van der Waals surface area contributed by atoms with Crippen LogP contribution in [0.4, 0.5) is 13.2 Å². The summed E-state index contributed by atoms with van der Waals surface area (Å²) in [7, 11) is 0. The second-order valence-corrected chi connectivity index (χ2v) is 9.34. The summed E-state index contributed by atoms with van der Waals surface area (Å²) in [5.74, 6) is -4.48. The Balaban J connectivity index is 0.00000272. The highest BCUT2D eigenvalue weighted by atomic mass is 35.5. The van der Waals surface area contributed by atoms with Crippen LogP contribution < -0.4 is 5.73 Å². The molecule has 2 aromatic carbocycles. The van der Waals surface area contributed by atoms with Crippen molar-refractivity contribution in [2.75, 3.05) is 6.61 Å². The molecule has 0 saturated heterocycles. The minimum Gasteiger partial charge on any atom is -0.385 e. The minimum absolute atomic E-state index is 0. The van der Waals surface area contributed by atoms with Gasteiger partial charge in [-0.3, -0.25) is 4.99 Å². The topological polar surface area (TPSA) is 60.5 Å². The van der Waals surface area contributed by atoms with Crippen molar-refractivity contribution in [2.24, 2.45) is 10.7 Å². The van der Waals surface area contributed by atoms with Crippen molar-refractivity contribution < 1.29 is 17.9 Å². The van der Waals surface area contributed by atoms with Crippen LogP contribution in [0.1, 0.15) is 26.3 Å². The first-order valence-electron chi connectivity index (χ1n) is 9.17. The van der Waals surface area contributed by atoms with Gasteiger partial charge in [0.1, 0.15) is 28.9 Å². The molecule has 1 aliphatic rings. The number of alkyl halides is 2. The quantitative estimate of drug-likeness (QED) is 0.466. The molecule has 0 bridgehead atoms. The Morgan fingerprint density at radius 1 is 1.13 bits per heavy atom. The molecule has 1 aliphatic heterocycles. The number of rotatable bonds is 2. The molecule has 2 N–H and O–H groups in total. The first-order valence-corrected chi connectivity index (χ1v) is 10.4. The van der Waals surface area contributed by atoms with Gasteiger partial charge in [-0.15, -0.1) is 23.7 Å². The largest absolute Gasteiger partial charge is 0.385 e. The summed E-state index contributed by atoms with van der Waals surface area (Å²) in [6.45, 7) is 3.41. The Bertz CT molecular complexity index is 1180. The molecule has 3 aromatic rings. The average molecular weight is 490 g/mol. The lowest BCUT2D eigenvalue weighted by atomic mass is 9.77. The minimum atomic E-state index is -3.55. The van der Waals surface area contributed by atoms with E-state index in [-0.39, 0.29) is 30.4 Å². The molecule has 0 aliphatic carbocycles. The summed E-state index contributed by atoms with van der Waals surface area (Å²) < 4.78 is 52.2.